The van der Waals surface area contributed by atoms with Crippen molar-refractivity contribution in [1.82, 2.24) is 9.97 Å². The van der Waals surface area contributed by atoms with Gasteiger partial charge in [-0.3, -0.25) is 4.79 Å². The highest BCUT2D eigenvalue weighted by molar-refractivity contribution is 6.30. The SMILES string of the molecule is CN(CCOc1ccc(C=O)cc1)c1nccc(Oc2ccc(Cl)cc2)n1. The summed E-state index contributed by atoms with van der Waals surface area (Å²) >= 11 is 5.87. The molecule has 0 saturated heterocycles. The third-order valence-corrected chi connectivity index (χ3v) is 3.96. The first-order valence-electron chi connectivity index (χ1n) is 8.30. The number of carbonyl (C=O) groups excluding carboxylic acids is 1. The van der Waals surface area contributed by atoms with Gasteiger partial charge in [-0.25, -0.2) is 4.98 Å². The van der Waals surface area contributed by atoms with E-state index in [1.165, 1.54) is 0 Å². The lowest BCUT2D eigenvalue weighted by Crippen LogP contribution is -2.25. The normalized spacial score (nSPS) is 10.3. The van der Waals surface area contributed by atoms with Crippen molar-refractivity contribution in [3.05, 3.63) is 71.4 Å². The molecular weight excluding hydrogens is 366 g/mol. The Labute approximate surface area is 162 Å². The van der Waals surface area contributed by atoms with Gasteiger partial charge in [-0.1, -0.05) is 11.6 Å². The van der Waals surface area contributed by atoms with Gasteiger partial charge in [0.25, 0.3) is 0 Å². The van der Waals surface area contributed by atoms with Crippen molar-refractivity contribution in [2.75, 3.05) is 25.1 Å². The number of likely N-dealkylation sites (N-methyl/N-ethyl adjacent to an activating group) is 1. The van der Waals surface area contributed by atoms with Crippen molar-refractivity contribution in [2.45, 2.75) is 0 Å². The second-order valence-electron chi connectivity index (χ2n) is 5.71. The van der Waals surface area contributed by atoms with Crippen LogP contribution in [0.4, 0.5) is 5.95 Å². The van der Waals surface area contributed by atoms with Crippen LogP contribution in [-0.4, -0.2) is 36.5 Å². The van der Waals surface area contributed by atoms with E-state index in [-0.39, 0.29) is 0 Å². The summed E-state index contributed by atoms with van der Waals surface area (Å²) in [7, 11) is 1.88. The minimum atomic E-state index is 0.444. The van der Waals surface area contributed by atoms with Crippen LogP contribution in [0.2, 0.25) is 5.02 Å². The zero-order chi connectivity index (χ0) is 19.1. The van der Waals surface area contributed by atoms with Crippen molar-refractivity contribution in [1.29, 1.82) is 0 Å². The van der Waals surface area contributed by atoms with Crippen LogP contribution < -0.4 is 14.4 Å². The Morgan fingerprint density at radius 2 is 1.74 bits per heavy atom. The van der Waals surface area contributed by atoms with Crippen molar-refractivity contribution >= 4 is 23.8 Å². The summed E-state index contributed by atoms with van der Waals surface area (Å²) in [5.41, 5.74) is 0.616. The Kier molecular flexibility index (Phi) is 6.22. The van der Waals surface area contributed by atoms with Crippen LogP contribution in [0.25, 0.3) is 0 Å². The van der Waals surface area contributed by atoms with E-state index in [1.807, 2.05) is 11.9 Å². The second-order valence-corrected chi connectivity index (χ2v) is 6.14. The fourth-order valence-electron chi connectivity index (χ4n) is 2.24. The Morgan fingerprint density at radius 1 is 1.04 bits per heavy atom. The molecule has 0 aliphatic carbocycles. The molecule has 27 heavy (non-hydrogen) atoms. The van der Waals surface area contributed by atoms with E-state index in [0.29, 0.717) is 47.1 Å². The quantitative estimate of drug-likeness (QED) is 0.542. The number of nitrogens with zero attached hydrogens (tertiary/aromatic N) is 3. The number of benzene rings is 2. The molecular formula is C20H18ClN3O3. The van der Waals surface area contributed by atoms with Gasteiger partial charge in [-0.2, -0.15) is 4.98 Å². The lowest BCUT2D eigenvalue weighted by atomic mass is 10.2. The van der Waals surface area contributed by atoms with Gasteiger partial charge >= 0.3 is 0 Å². The summed E-state index contributed by atoms with van der Waals surface area (Å²) in [5.74, 6) is 2.32. The highest BCUT2D eigenvalue weighted by Gasteiger charge is 2.07. The largest absolute Gasteiger partial charge is 0.492 e. The van der Waals surface area contributed by atoms with Gasteiger partial charge in [0.2, 0.25) is 11.8 Å². The Bertz CT molecular complexity index is 886. The molecule has 0 spiro atoms. The van der Waals surface area contributed by atoms with Crippen LogP contribution >= 0.6 is 11.6 Å². The van der Waals surface area contributed by atoms with Gasteiger partial charge in [0.05, 0.1) is 6.54 Å². The predicted octanol–water partition coefficient (Wildman–Crippen LogP) is 4.25. The maximum absolute atomic E-state index is 10.7. The van der Waals surface area contributed by atoms with E-state index in [4.69, 9.17) is 21.1 Å². The molecule has 138 valence electrons. The molecule has 0 amide bonds. The molecule has 0 unspecified atom stereocenters. The first-order chi connectivity index (χ1) is 13.1. The van der Waals surface area contributed by atoms with Crippen LogP contribution in [0, 0.1) is 0 Å². The topological polar surface area (TPSA) is 64.5 Å². The fourth-order valence-corrected chi connectivity index (χ4v) is 2.37. The predicted molar refractivity (Wildman–Crippen MR) is 104 cm³/mol. The summed E-state index contributed by atoms with van der Waals surface area (Å²) in [5, 5.41) is 0.645. The zero-order valence-electron chi connectivity index (χ0n) is 14.7. The molecule has 0 N–H and O–H groups in total. The molecule has 0 radical (unpaired) electrons. The van der Waals surface area contributed by atoms with Gasteiger partial charge in [-0.15, -0.1) is 0 Å². The summed E-state index contributed by atoms with van der Waals surface area (Å²) < 4.78 is 11.4. The summed E-state index contributed by atoms with van der Waals surface area (Å²) in [6.07, 6.45) is 2.44. The summed E-state index contributed by atoms with van der Waals surface area (Å²) in [6.45, 7) is 1.03. The smallest absolute Gasteiger partial charge is 0.228 e. The van der Waals surface area contributed by atoms with Crippen LogP contribution in [0.5, 0.6) is 17.4 Å². The third kappa shape index (κ3) is 5.43. The van der Waals surface area contributed by atoms with Gasteiger partial charge < -0.3 is 14.4 Å². The van der Waals surface area contributed by atoms with Gasteiger partial charge in [0.1, 0.15) is 24.4 Å². The minimum Gasteiger partial charge on any atom is -0.492 e. The molecule has 1 aromatic heterocycles. The minimum absolute atomic E-state index is 0.444. The Morgan fingerprint density at radius 3 is 2.44 bits per heavy atom. The van der Waals surface area contributed by atoms with E-state index in [1.54, 1.807) is 60.8 Å². The number of carbonyl (C=O) groups is 1. The van der Waals surface area contributed by atoms with Crippen molar-refractivity contribution < 1.29 is 14.3 Å². The molecule has 3 aromatic rings. The van der Waals surface area contributed by atoms with E-state index in [2.05, 4.69) is 9.97 Å². The number of hydrogen-bond acceptors (Lipinski definition) is 6. The molecule has 0 bridgehead atoms. The van der Waals surface area contributed by atoms with E-state index in [9.17, 15) is 4.79 Å². The van der Waals surface area contributed by atoms with E-state index in [0.717, 1.165) is 6.29 Å². The maximum Gasteiger partial charge on any atom is 0.228 e. The average Bonchev–Trinajstić information content (AvgIpc) is 2.70. The number of ether oxygens (including phenoxy) is 2. The van der Waals surface area contributed by atoms with Gasteiger partial charge in [0.15, 0.2) is 0 Å². The highest BCUT2D eigenvalue weighted by Crippen LogP contribution is 2.22. The Balaban J connectivity index is 1.55. The summed E-state index contributed by atoms with van der Waals surface area (Å²) in [6, 6.07) is 15.7. The van der Waals surface area contributed by atoms with Gasteiger partial charge in [0, 0.05) is 29.9 Å². The second kappa shape index (κ2) is 9.00. The molecule has 1 heterocycles. The third-order valence-electron chi connectivity index (χ3n) is 3.71. The van der Waals surface area contributed by atoms with Gasteiger partial charge in [-0.05, 0) is 48.5 Å². The first-order valence-corrected chi connectivity index (χ1v) is 8.67. The zero-order valence-corrected chi connectivity index (χ0v) is 15.5. The number of anilines is 1. The Hall–Kier alpha value is -3.12. The monoisotopic (exact) mass is 383 g/mol. The standard InChI is InChI=1S/C20H18ClN3O3/c1-24(12-13-26-17-6-2-15(14-25)3-7-17)20-22-11-10-19(23-20)27-18-8-4-16(21)5-9-18/h2-11,14H,12-13H2,1H3. The van der Waals surface area contributed by atoms with Crippen molar-refractivity contribution in [3.8, 4) is 17.4 Å². The van der Waals surface area contributed by atoms with E-state index < -0.39 is 0 Å². The number of aldehydes is 1. The summed E-state index contributed by atoms with van der Waals surface area (Å²) in [4.78, 5) is 21.2. The van der Waals surface area contributed by atoms with Crippen LogP contribution in [-0.2, 0) is 0 Å². The number of aromatic nitrogens is 2. The van der Waals surface area contributed by atoms with Crippen molar-refractivity contribution in [2.24, 2.45) is 0 Å². The van der Waals surface area contributed by atoms with Crippen LogP contribution in [0.1, 0.15) is 10.4 Å². The molecule has 2 aromatic carbocycles. The van der Waals surface area contributed by atoms with Crippen molar-refractivity contribution in [3.63, 3.8) is 0 Å². The molecule has 0 saturated carbocycles. The highest BCUT2D eigenvalue weighted by atomic mass is 35.5. The van der Waals surface area contributed by atoms with E-state index >= 15 is 0 Å². The number of hydrogen-bond donors (Lipinski definition) is 0. The number of rotatable bonds is 8. The molecule has 3 rings (SSSR count). The first kappa shape index (κ1) is 18.7. The van der Waals surface area contributed by atoms with Crippen LogP contribution in [0.15, 0.2) is 60.8 Å². The average molecular weight is 384 g/mol. The lowest BCUT2D eigenvalue weighted by molar-refractivity contribution is 0.112. The fraction of sp³-hybridized carbons (Fsp3) is 0.150. The lowest BCUT2D eigenvalue weighted by Gasteiger charge is -2.17. The molecule has 0 atom stereocenters. The van der Waals surface area contributed by atoms with Crippen LogP contribution in [0.3, 0.4) is 0 Å². The molecule has 0 aliphatic heterocycles. The molecule has 6 nitrogen and oxygen atoms in total. The maximum atomic E-state index is 10.7. The molecule has 0 fully saturated rings. The molecule has 0 aliphatic rings. The molecule has 7 heteroatoms. The number of halogens is 1.